The molecule has 6 heteroatoms. The molecule has 6 rings (SSSR count). The maximum Gasteiger partial charge on any atom is 0.337 e. The highest BCUT2D eigenvalue weighted by Crippen LogP contribution is 2.49. The first-order valence-corrected chi connectivity index (χ1v) is 13.6. The van der Waals surface area contributed by atoms with Crippen LogP contribution in [0.5, 0.6) is 11.5 Å². The van der Waals surface area contributed by atoms with E-state index in [0.29, 0.717) is 37.0 Å². The minimum atomic E-state index is -0.336. The lowest BCUT2D eigenvalue weighted by Crippen LogP contribution is -2.34. The van der Waals surface area contributed by atoms with Crippen LogP contribution >= 0.6 is 0 Å². The highest BCUT2D eigenvalue weighted by Gasteiger charge is 2.31. The molecule has 0 radical (unpaired) electrons. The lowest BCUT2D eigenvalue weighted by molar-refractivity contribution is 0.0601. The molecule has 2 aliphatic rings. The number of rotatable bonds is 5. The van der Waals surface area contributed by atoms with E-state index in [1.807, 2.05) is 42.5 Å². The van der Waals surface area contributed by atoms with Crippen molar-refractivity contribution in [2.45, 2.75) is 57.2 Å². The molecule has 0 unspecified atom stereocenters. The van der Waals surface area contributed by atoms with E-state index in [9.17, 15) is 4.79 Å². The summed E-state index contributed by atoms with van der Waals surface area (Å²) in [5.74, 6) is 1.54. The number of ether oxygens (including phenoxy) is 3. The first-order chi connectivity index (χ1) is 18.6. The van der Waals surface area contributed by atoms with Crippen LogP contribution in [0.15, 0.2) is 66.7 Å². The molecule has 3 aromatic carbocycles. The van der Waals surface area contributed by atoms with Crippen LogP contribution in [0, 0.1) is 0 Å². The topological polar surface area (TPSA) is 75.7 Å². The number of fused-ring (bicyclic) bond motifs is 5. The molecule has 38 heavy (non-hydrogen) atoms. The molecule has 196 valence electrons. The largest absolute Gasteiger partial charge is 0.487 e. The molecule has 4 aromatic rings. The van der Waals surface area contributed by atoms with Crippen LogP contribution in [-0.2, 0) is 17.9 Å². The van der Waals surface area contributed by atoms with Crippen molar-refractivity contribution >= 4 is 16.9 Å². The monoisotopic (exact) mass is 510 g/mol. The molecule has 6 nitrogen and oxygen atoms in total. The summed E-state index contributed by atoms with van der Waals surface area (Å²) in [6.45, 7) is 1.42. The van der Waals surface area contributed by atoms with Gasteiger partial charge in [-0.25, -0.2) is 4.79 Å². The number of nitrogens with zero attached hydrogens (tertiary/aromatic N) is 1. The third-order valence-corrected chi connectivity index (χ3v) is 7.87. The Morgan fingerprint density at radius 1 is 1.03 bits per heavy atom. The zero-order valence-corrected chi connectivity index (χ0v) is 21.8. The molecule has 1 aliphatic carbocycles. The van der Waals surface area contributed by atoms with E-state index >= 15 is 0 Å². The number of carbonyl (C=O) groups is 1. The standard InChI is InChI=1S/C32H34N2O4/c1-36-32(35)23-15-16-25-27(17-23)34-18-24(33)20-38-31-26(30(34)29(25)22-11-6-3-7-12-22)13-8-14-28(31)37-19-21-9-4-2-5-10-21/h2,4-5,8-10,13-17,22,24H,3,6-7,11-12,18-20,33H2,1H3/t24-/m1/s1. The van der Waals surface area contributed by atoms with E-state index in [1.165, 1.54) is 37.3 Å². The average molecular weight is 511 g/mol. The van der Waals surface area contributed by atoms with Crippen LogP contribution in [0.3, 0.4) is 0 Å². The Labute approximate surface area is 223 Å². The Kier molecular flexibility index (Phi) is 6.81. The lowest BCUT2D eigenvalue weighted by Gasteiger charge is -2.27. The van der Waals surface area contributed by atoms with Crippen molar-refractivity contribution in [2.75, 3.05) is 13.7 Å². The molecule has 1 atom stereocenters. The zero-order chi connectivity index (χ0) is 26.1. The molecule has 1 saturated carbocycles. The highest BCUT2D eigenvalue weighted by atomic mass is 16.5. The molecule has 1 fully saturated rings. The Morgan fingerprint density at radius 2 is 1.84 bits per heavy atom. The molecule has 1 aliphatic heterocycles. The SMILES string of the molecule is COC(=O)c1ccc2c(C3CCCCC3)c3n(c2c1)C[C@@H](N)COc1c(OCc2ccccc2)cccc1-3. The fourth-order valence-corrected chi connectivity index (χ4v) is 6.08. The van der Waals surface area contributed by atoms with Gasteiger partial charge in [-0.05, 0) is 54.2 Å². The van der Waals surface area contributed by atoms with Crippen LogP contribution < -0.4 is 15.2 Å². The molecule has 2 N–H and O–H groups in total. The molecule has 0 amide bonds. The number of esters is 1. The molecule has 2 heterocycles. The van der Waals surface area contributed by atoms with Crippen molar-refractivity contribution in [3.63, 3.8) is 0 Å². The summed E-state index contributed by atoms with van der Waals surface area (Å²) in [7, 11) is 1.42. The number of benzene rings is 3. The molecule has 0 spiro atoms. The van der Waals surface area contributed by atoms with E-state index in [0.717, 1.165) is 40.9 Å². The fraction of sp³-hybridized carbons (Fsp3) is 0.344. The number of aromatic nitrogens is 1. The smallest absolute Gasteiger partial charge is 0.337 e. The molecular weight excluding hydrogens is 476 g/mol. The van der Waals surface area contributed by atoms with Gasteiger partial charge in [0.2, 0.25) is 0 Å². The first-order valence-electron chi connectivity index (χ1n) is 13.6. The van der Waals surface area contributed by atoms with E-state index in [4.69, 9.17) is 19.9 Å². The molecule has 0 bridgehead atoms. The summed E-state index contributed by atoms with van der Waals surface area (Å²) >= 11 is 0. The van der Waals surface area contributed by atoms with Crippen LogP contribution in [0.2, 0.25) is 0 Å². The van der Waals surface area contributed by atoms with Crippen molar-refractivity contribution in [1.29, 1.82) is 0 Å². The van der Waals surface area contributed by atoms with Gasteiger partial charge in [0.05, 0.1) is 24.4 Å². The van der Waals surface area contributed by atoms with Crippen molar-refractivity contribution < 1.29 is 19.0 Å². The number of hydrogen-bond donors (Lipinski definition) is 1. The van der Waals surface area contributed by atoms with Gasteiger partial charge in [-0.2, -0.15) is 0 Å². The van der Waals surface area contributed by atoms with Crippen LogP contribution in [-0.4, -0.2) is 30.3 Å². The Balaban J connectivity index is 1.55. The zero-order valence-electron chi connectivity index (χ0n) is 21.8. The Bertz CT molecular complexity index is 1450. The third-order valence-electron chi connectivity index (χ3n) is 7.87. The maximum atomic E-state index is 12.5. The predicted octanol–water partition coefficient (Wildman–Crippen LogP) is 6.44. The lowest BCUT2D eigenvalue weighted by atomic mass is 9.81. The maximum absolute atomic E-state index is 12.5. The summed E-state index contributed by atoms with van der Waals surface area (Å²) in [4.78, 5) is 12.5. The molecule has 0 saturated heterocycles. The van der Waals surface area contributed by atoms with Gasteiger partial charge in [-0.15, -0.1) is 0 Å². The second-order valence-electron chi connectivity index (χ2n) is 10.4. The van der Waals surface area contributed by atoms with Gasteiger partial charge < -0.3 is 24.5 Å². The number of nitrogens with two attached hydrogens (primary N) is 1. The number of carbonyl (C=O) groups excluding carboxylic acids is 1. The van der Waals surface area contributed by atoms with E-state index in [-0.39, 0.29) is 12.0 Å². The number of hydrogen-bond acceptors (Lipinski definition) is 5. The van der Waals surface area contributed by atoms with E-state index in [2.05, 4.69) is 28.8 Å². The number of para-hydroxylation sites is 1. The summed E-state index contributed by atoms with van der Waals surface area (Å²) in [5.41, 5.74) is 12.7. The van der Waals surface area contributed by atoms with Gasteiger partial charge in [0.25, 0.3) is 0 Å². The predicted molar refractivity (Wildman–Crippen MR) is 149 cm³/mol. The Hall–Kier alpha value is -3.77. The van der Waals surface area contributed by atoms with Crippen molar-refractivity contribution in [3.8, 4) is 22.8 Å². The minimum absolute atomic E-state index is 0.222. The van der Waals surface area contributed by atoms with Gasteiger partial charge >= 0.3 is 5.97 Å². The normalized spacial score (nSPS) is 17.6. The minimum Gasteiger partial charge on any atom is -0.487 e. The van der Waals surface area contributed by atoms with Crippen LogP contribution in [0.4, 0.5) is 0 Å². The Morgan fingerprint density at radius 3 is 2.63 bits per heavy atom. The second-order valence-corrected chi connectivity index (χ2v) is 10.4. The quantitative estimate of drug-likeness (QED) is 0.313. The summed E-state index contributed by atoms with van der Waals surface area (Å²) in [6.07, 6.45) is 6.02. The summed E-state index contributed by atoms with van der Waals surface area (Å²) in [6, 6.07) is 22.0. The number of methoxy groups -OCH3 is 1. The van der Waals surface area contributed by atoms with Gasteiger partial charge in [0, 0.05) is 23.0 Å². The van der Waals surface area contributed by atoms with Crippen molar-refractivity contribution in [1.82, 2.24) is 4.57 Å². The van der Waals surface area contributed by atoms with Crippen LogP contribution in [0.25, 0.3) is 22.2 Å². The average Bonchev–Trinajstić information content (AvgIpc) is 3.27. The van der Waals surface area contributed by atoms with Crippen molar-refractivity contribution in [3.05, 3.63) is 83.4 Å². The van der Waals surface area contributed by atoms with Crippen molar-refractivity contribution in [2.24, 2.45) is 5.73 Å². The van der Waals surface area contributed by atoms with Gasteiger partial charge in [0.1, 0.15) is 13.2 Å². The second kappa shape index (κ2) is 10.5. The molecular formula is C32H34N2O4. The third kappa shape index (κ3) is 4.54. The summed E-state index contributed by atoms with van der Waals surface area (Å²) < 4.78 is 20.1. The molecule has 1 aromatic heterocycles. The van der Waals surface area contributed by atoms with E-state index in [1.54, 1.807) is 0 Å². The van der Waals surface area contributed by atoms with Gasteiger partial charge in [0.15, 0.2) is 11.5 Å². The van der Waals surface area contributed by atoms with Gasteiger partial charge in [-0.1, -0.05) is 61.7 Å². The highest BCUT2D eigenvalue weighted by molar-refractivity contribution is 5.99. The fourth-order valence-electron chi connectivity index (χ4n) is 6.08. The van der Waals surface area contributed by atoms with Gasteiger partial charge in [-0.3, -0.25) is 0 Å². The first kappa shape index (κ1) is 24.6. The summed E-state index contributed by atoms with van der Waals surface area (Å²) in [5, 5.41) is 1.18. The van der Waals surface area contributed by atoms with E-state index < -0.39 is 0 Å². The van der Waals surface area contributed by atoms with Crippen LogP contribution in [0.1, 0.15) is 59.5 Å².